The molecule has 0 aliphatic rings. The maximum Gasteiger partial charge on any atom is 0.238 e. The highest BCUT2D eigenvalue weighted by atomic mass is 35.5. The largest absolute Gasteiger partial charge is 0.378 e. The minimum Gasteiger partial charge on any atom is -0.378 e. The van der Waals surface area contributed by atoms with Crippen LogP contribution in [0.5, 0.6) is 0 Å². The first-order valence-corrected chi connectivity index (χ1v) is 8.50. The molecule has 0 aromatic heterocycles. The van der Waals surface area contributed by atoms with Crippen LogP contribution < -0.4 is 10.2 Å². The lowest BCUT2D eigenvalue weighted by Gasteiger charge is -2.20. The van der Waals surface area contributed by atoms with E-state index in [4.69, 9.17) is 11.6 Å². The maximum atomic E-state index is 13.2. The highest BCUT2D eigenvalue weighted by Gasteiger charge is 2.11. The Morgan fingerprint density at radius 1 is 1.16 bits per heavy atom. The van der Waals surface area contributed by atoms with E-state index in [-0.39, 0.29) is 17.5 Å². The van der Waals surface area contributed by atoms with Crippen LogP contribution in [0, 0.1) is 5.82 Å². The Balaban J connectivity index is 1.93. The first-order chi connectivity index (χ1) is 11.9. The normalized spacial score (nSPS) is 10.8. The summed E-state index contributed by atoms with van der Waals surface area (Å²) in [6, 6.07) is 12.4. The summed E-state index contributed by atoms with van der Waals surface area (Å²) in [7, 11) is 4.00. The maximum absolute atomic E-state index is 13.2. The Bertz CT molecular complexity index is 719. The number of nitrogens with one attached hydrogen (secondary N) is 1. The molecular formula is C19H23ClFN3O. The molecule has 1 N–H and O–H groups in total. The number of benzene rings is 2. The molecule has 0 bridgehead atoms. The fourth-order valence-corrected chi connectivity index (χ4v) is 2.60. The number of hydrogen-bond donors (Lipinski definition) is 1. The van der Waals surface area contributed by atoms with E-state index in [1.165, 1.54) is 18.2 Å². The Kier molecular flexibility index (Phi) is 6.79. The number of amides is 1. The van der Waals surface area contributed by atoms with Crippen molar-refractivity contribution in [3.63, 3.8) is 0 Å². The summed E-state index contributed by atoms with van der Waals surface area (Å²) < 4.78 is 13.2. The summed E-state index contributed by atoms with van der Waals surface area (Å²) in [5.74, 6) is -0.662. The average Bonchev–Trinajstić information content (AvgIpc) is 2.58. The van der Waals surface area contributed by atoms with Crippen molar-refractivity contribution in [1.82, 2.24) is 4.90 Å². The molecule has 4 nitrogen and oxygen atoms in total. The fraction of sp³-hybridized carbons (Fsp3) is 0.316. The van der Waals surface area contributed by atoms with E-state index in [0.717, 1.165) is 17.8 Å². The van der Waals surface area contributed by atoms with E-state index >= 15 is 0 Å². The lowest BCUT2D eigenvalue weighted by atomic mass is 10.2. The summed E-state index contributed by atoms with van der Waals surface area (Å²) in [6.45, 7) is 3.69. The molecule has 0 saturated carbocycles. The van der Waals surface area contributed by atoms with Crippen LogP contribution in [-0.4, -0.2) is 38.0 Å². The molecule has 0 atom stereocenters. The van der Waals surface area contributed by atoms with Gasteiger partial charge in [0, 0.05) is 32.0 Å². The van der Waals surface area contributed by atoms with Gasteiger partial charge in [-0.1, -0.05) is 30.7 Å². The Morgan fingerprint density at radius 3 is 2.40 bits per heavy atom. The predicted octanol–water partition coefficient (Wildman–Crippen LogP) is 4.01. The third kappa shape index (κ3) is 5.73. The van der Waals surface area contributed by atoms with E-state index < -0.39 is 5.82 Å². The molecule has 0 heterocycles. The van der Waals surface area contributed by atoms with Gasteiger partial charge in [-0.15, -0.1) is 0 Å². The van der Waals surface area contributed by atoms with Crippen LogP contribution in [0.2, 0.25) is 5.02 Å². The first-order valence-electron chi connectivity index (χ1n) is 8.12. The van der Waals surface area contributed by atoms with Gasteiger partial charge in [0.1, 0.15) is 5.82 Å². The fourth-order valence-electron chi connectivity index (χ4n) is 2.41. The minimum atomic E-state index is -0.504. The van der Waals surface area contributed by atoms with Gasteiger partial charge in [0.05, 0.1) is 11.6 Å². The van der Waals surface area contributed by atoms with Crippen molar-refractivity contribution in [1.29, 1.82) is 0 Å². The van der Waals surface area contributed by atoms with E-state index in [1.807, 2.05) is 30.8 Å². The molecule has 6 heteroatoms. The standard InChI is InChI=1S/C19H23ClFN3O/c1-4-24(12-14-5-8-16(9-6-14)23(2)3)13-19(25)22-15-7-10-18(21)17(20)11-15/h5-11H,4,12-13H2,1-3H3,(H,22,25). The average molecular weight is 364 g/mol. The zero-order valence-electron chi connectivity index (χ0n) is 14.7. The molecule has 0 radical (unpaired) electrons. The van der Waals surface area contributed by atoms with Crippen molar-refractivity contribution >= 4 is 28.9 Å². The van der Waals surface area contributed by atoms with Crippen LogP contribution in [0.1, 0.15) is 12.5 Å². The molecule has 0 aliphatic carbocycles. The number of rotatable bonds is 7. The van der Waals surface area contributed by atoms with Crippen LogP contribution in [0.4, 0.5) is 15.8 Å². The van der Waals surface area contributed by atoms with Crippen molar-refractivity contribution in [2.24, 2.45) is 0 Å². The predicted molar refractivity (Wildman–Crippen MR) is 102 cm³/mol. The van der Waals surface area contributed by atoms with Crippen LogP contribution in [0.3, 0.4) is 0 Å². The second-order valence-corrected chi connectivity index (χ2v) is 6.45. The van der Waals surface area contributed by atoms with Crippen molar-refractivity contribution in [2.45, 2.75) is 13.5 Å². The Hall–Kier alpha value is -2.11. The molecular weight excluding hydrogens is 341 g/mol. The van der Waals surface area contributed by atoms with Crippen LogP contribution in [0.15, 0.2) is 42.5 Å². The molecule has 25 heavy (non-hydrogen) atoms. The number of carbonyl (C=O) groups excluding carboxylic acids is 1. The highest BCUT2D eigenvalue weighted by Crippen LogP contribution is 2.19. The molecule has 0 aliphatic heterocycles. The van der Waals surface area contributed by atoms with Gasteiger partial charge in [0.2, 0.25) is 5.91 Å². The van der Waals surface area contributed by atoms with Crippen molar-refractivity contribution in [2.75, 3.05) is 37.4 Å². The van der Waals surface area contributed by atoms with Gasteiger partial charge in [-0.25, -0.2) is 4.39 Å². The van der Waals surface area contributed by atoms with E-state index in [2.05, 4.69) is 29.6 Å². The third-order valence-corrected chi connectivity index (χ3v) is 4.17. The third-order valence-electron chi connectivity index (χ3n) is 3.88. The van der Waals surface area contributed by atoms with Crippen LogP contribution >= 0.6 is 11.6 Å². The van der Waals surface area contributed by atoms with Crippen molar-refractivity contribution < 1.29 is 9.18 Å². The topological polar surface area (TPSA) is 35.6 Å². The number of carbonyl (C=O) groups is 1. The zero-order chi connectivity index (χ0) is 18.4. The minimum absolute atomic E-state index is 0.00821. The molecule has 0 unspecified atom stereocenters. The molecule has 1 amide bonds. The van der Waals surface area contributed by atoms with Gasteiger partial charge in [-0.05, 0) is 42.4 Å². The van der Waals surface area contributed by atoms with Gasteiger partial charge in [-0.2, -0.15) is 0 Å². The number of nitrogens with zero attached hydrogens (tertiary/aromatic N) is 2. The molecule has 2 aromatic carbocycles. The lowest BCUT2D eigenvalue weighted by Crippen LogP contribution is -2.32. The summed E-state index contributed by atoms with van der Waals surface area (Å²) in [5.41, 5.74) is 2.77. The van der Waals surface area contributed by atoms with Gasteiger partial charge >= 0.3 is 0 Å². The molecule has 2 rings (SSSR count). The second-order valence-electron chi connectivity index (χ2n) is 6.04. The van der Waals surface area contributed by atoms with Crippen LogP contribution in [-0.2, 0) is 11.3 Å². The van der Waals surface area contributed by atoms with E-state index in [1.54, 1.807) is 0 Å². The smallest absolute Gasteiger partial charge is 0.238 e. The number of hydrogen-bond acceptors (Lipinski definition) is 3. The SMILES string of the molecule is CCN(CC(=O)Nc1ccc(F)c(Cl)c1)Cc1ccc(N(C)C)cc1. The molecule has 0 fully saturated rings. The first kappa shape index (κ1) is 19.2. The second kappa shape index (κ2) is 8.83. The molecule has 134 valence electrons. The number of anilines is 2. The number of likely N-dealkylation sites (N-methyl/N-ethyl adjacent to an activating group) is 1. The lowest BCUT2D eigenvalue weighted by molar-refractivity contribution is -0.117. The van der Waals surface area contributed by atoms with Gasteiger partial charge in [0.25, 0.3) is 0 Å². The summed E-state index contributed by atoms with van der Waals surface area (Å²) in [4.78, 5) is 16.3. The van der Waals surface area contributed by atoms with Crippen molar-refractivity contribution in [3.8, 4) is 0 Å². The molecule has 0 saturated heterocycles. The van der Waals surface area contributed by atoms with Crippen LogP contribution in [0.25, 0.3) is 0 Å². The molecule has 2 aromatic rings. The highest BCUT2D eigenvalue weighted by molar-refractivity contribution is 6.31. The summed E-state index contributed by atoms with van der Waals surface area (Å²) in [6.07, 6.45) is 0. The van der Waals surface area contributed by atoms with Gasteiger partial charge in [0.15, 0.2) is 0 Å². The quantitative estimate of drug-likeness (QED) is 0.807. The summed E-state index contributed by atoms with van der Waals surface area (Å²) >= 11 is 5.73. The van der Waals surface area contributed by atoms with E-state index in [0.29, 0.717) is 12.2 Å². The monoisotopic (exact) mass is 363 g/mol. The molecule has 0 spiro atoms. The Labute approximate surface area is 153 Å². The number of halogens is 2. The van der Waals surface area contributed by atoms with Gasteiger partial charge < -0.3 is 10.2 Å². The van der Waals surface area contributed by atoms with Crippen molar-refractivity contribution in [3.05, 3.63) is 58.9 Å². The van der Waals surface area contributed by atoms with E-state index in [9.17, 15) is 9.18 Å². The zero-order valence-corrected chi connectivity index (χ0v) is 15.5. The summed E-state index contributed by atoms with van der Waals surface area (Å²) in [5, 5.41) is 2.74. The Morgan fingerprint density at radius 2 is 1.84 bits per heavy atom. The van der Waals surface area contributed by atoms with Gasteiger partial charge in [-0.3, -0.25) is 9.69 Å².